The number of thiophene rings is 1. The van der Waals surface area contributed by atoms with Gasteiger partial charge < -0.3 is 10.1 Å². The predicted molar refractivity (Wildman–Crippen MR) is 121 cm³/mol. The van der Waals surface area contributed by atoms with Crippen LogP contribution in [0, 0.1) is 17.7 Å². The fourth-order valence-electron chi connectivity index (χ4n) is 3.77. The Balaban J connectivity index is 1.68. The third kappa shape index (κ3) is 5.19. The molecular weight excluding hydrogens is 455 g/mol. The molecule has 1 aliphatic heterocycles. The second-order valence-electron chi connectivity index (χ2n) is 8.15. The van der Waals surface area contributed by atoms with Crippen LogP contribution in [0.15, 0.2) is 34.5 Å². The summed E-state index contributed by atoms with van der Waals surface area (Å²) >= 11 is 1.28. The number of nitrogens with one attached hydrogen (secondary N) is 1. The lowest BCUT2D eigenvalue weighted by molar-refractivity contribution is -0.120. The molecule has 32 heavy (non-hydrogen) atoms. The van der Waals surface area contributed by atoms with Gasteiger partial charge in [0, 0.05) is 19.0 Å². The molecule has 0 radical (unpaired) electrons. The molecule has 0 atom stereocenters. The molecule has 0 aliphatic carbocycles. The van der Waals surface area contributed by atoms with Gasteiger partial charge in [-0.25, -0.2) is 17.6 Å². The number of amides is 1. The molecule has 2 aromatic rings. The number of methoxy groups -OCH3 is 1. The van der Waals surface area contributed by atoms with E-state index >= 15 is 0 Å². The summed E-state index contributed by atoms with van der Waals surface area (Å²) in [6, 6.07) is 5.26. The first-order chi connectivity index (χ1) is 15.1. The molecule has 1 N–H and O–H groups in total. The van der Waals surface area contributed by atoms with Gasteiger partial charge >= 0.3 is 5.97 Å². The molecule has 0 bridgehead atoms. The van der Waals surface area contributed by atoms with Gasteiger partial charge in [0.05, 0.1) is 12.7 Å². The predicted octanol–water partition coefficient (Wildman–Crippen LogP) is 3.91. The highest BCUT2D eigenvalue weighted by atomic mass is 32.2. The zero-order valence-electron chi connectivity index (χ0n) is 18.3. The maximum atomic E-state index is 14.0. The molecule has 1 aromatic carbocycles. The number of rotatable bonds is 7. The zero-order valence-corrected chi connectivity index (χ0v) is 19.9. The number of sulfonamides is 1. The number of anilines is 1. The highest BCUT2D eigenvalue weighted by Gasteiger charge is 2.34. The number of halogens is 1. The fraction of sp³-hybridized carbons (Fsp3) is 0.455. The van der Waals surface area contributed by atoms with Crippen LogP contribution in [0.2, 0.25) is 0 Å². The monoisotopic (exact) mass is 482 g/mol. The first-order valence-electron chi connectivity index (χ1n) is 10.4. The minimum absolute atomic E-state index is 0.113. The summed E-state index contributed by atoms with van der Waals surface area (Å²) < 4.78 is 45.6. The zero-order chi connectivity index (χ0) is 23.5. The Morgan fingerprint density at radius 3 is 2.50 bits per heavy atom. The van der Waals surface area contributed by atoms with Crippen LogP contribution in [0.1, 0.15) is 42.6 Å². The van der Waals surface area contributed by atoms with Crippen LogP contribution in [0.5, 0.6) is 0 Å². The Morgan fingerprint density at radius 1 is 1.25 bits per heavy atom. The van der Waals surface area contributed by atoms with Crippen LogP contribution in [-0.4, -0.2) is 44.8 Å². The van der Waals surface area contributed by atoms with E-state index in [0.29, 0.717) is 35.7 Å². The van der Waals surface area contributed by atoms with Crippen molar-refractivity contribution in [1.29, 1.82) is 0 Å². The van der Waals surface area contributed by atoms with Gasteiger partial charge in [-0.1, -0.05) is 26.0 Å². The van der Waals surface area contributed by atoms with E-state index in [0.717, 1.165) is 11.6 Å². The molecule has 1 aromatic heterocycles. The van der Waals surface area contributed by atoms with E-state index in [1.807, 2.05) is 19.2 Å². The molecule has 1 fully saturated rings. The van der Waals surface area contributed by atoms with E-state index in [1.165, 1.54) is 41.0 Å². The van der Waals surface area contributed by atoms with E-state index in [2.05, 4.69) is 5.32 Å². The molecule has 1 amide bonds. The van der Waals surface area contributed by atoms with Crippen LogP contribution >= 0.6 is 11.3 Å². The summed E-state index contributed by atoms with van der Waals surface area (Å²) in [5.74, 6) is -1.64. The van der Waals surface area contributed by atoms with Crippen molar-refractivity contribution in [1.82, 2.24) is 4.31 Å². The average molecular weight is 483 g/mol. The number of carbonyl (C=O) groups excluding carboxylic acids is 2. The van der Waals surface area contributed by atoms with E-state index < -0.39 is 27.7 Å². The molecule has 0 unspecified atom stereocenters. The van der Waals surface area contributed by atoms with Crippen molar-refractivity contribution in [2.24, 2.45) is 11.8 Å². The van der Waals surface area contributed by atoms with Crippen molar-refractivity contribution in [3.05, 3.63) is 46.6 Å². The Morgan fingerprint density at radius 2 is 1.91 bits per heavy atom. The standard InChI is InChI=1S/C22H27FN2O5S2/c1-14(2)12-16-13-31-21(19(16)22(27)30-3)24-20(26)15-8-10-25(11-9-15)32(28,29)18-7-5-4-6-17(18)23/h4-7,13-15H,8-12H2,1-3H3,(H,24,26). The molecule has 0 saturated carbocycles. The number of piperidine rings is 1. The van der Waals surface area contributed by atoms with Gasteiger partial charge in [-0.05, 0) is 48.3 Å². The van der Waals surface area contributed by atoms with Crippen molar-refractivity contribution < 1.29 is 27.1 Å². The van der Waals surface area contributed by atoms with E-state index in [4.69, 9.17) is 4.74 Å². The first kappa shape index (κ1) is 24.3. The number of ether oxygens (including phenoxy) is 1. The molecule has 0 spiro atoms. The van der Waals surface area contributed by atoms with Gasteiger partial charge in [0.2, 0.25) is 15.9 Å². The lowest BCUT2D eigenvalue weighted by atomic mass is 9.97. The van der Waals surface area contributed by atoms with E-state index in [-0.39, 0.29) is 23.9 Å². The molecular formula is C22H27FN2O5S2. The van der Waals surface area contributed by atoms with Crippen molar-refractivity contribution in [3.63, 3.8) is 0 Å². The summed E-state index contributed by atoms with van der Waals surface area (Å²) in [6.07, 6.45) is 1.29. The van der Waals surface area contributed by atoms with Crippen LogP contribution in [-0.2, 0) is 26.0 Å². The second kappa shape index (κ2) is 10.1. The van der Waals surface area contributed by atoms with Gasteiger partial charge in [-0.3, -0.25) is 4.79 Å². The van der Waals surface area contributed by atoms with Gasteiger partial charge in [-0.2, -0.15) is 4.31 Å². The maximum absolute atomic E-state index is 14.0. The third-order valence-electron chi connectivity index (χ3n) is 5.40. The summed E-state index contributed by atoms with van der Waals surface area (Å²) in [4.78, 5) is 24.8. The number of benzene rings is 1. The average Bonchev–Trinajstić information content (AvgIpc) is 3.14. The van der Waals surface area contributed by atoms with E-state index in [1.54, 1.807) is 0 Å². The number of hydrogen-bond acceptors (Lipinski definition) is 6. The number of esters is 1. The maximum Gasteiger partial charge on any atom is 0.341 e. The lowest BCUT2D eigenvalue weighted by Crippen LogP contribution is -2.41. The van der Waals surface area contributed by atoms with Gasteiger partial charge in [0.1, 0.15) is 15.7 Å². The normalized spacial score (nSPS) is 15.7. The van der Waals surface area contributed by atoms with Gasteiger partial charge in [0.15, 0.2) is 0 Å². The van der Waals surface area contributed by atoms with E-state index in [9.17, 15) is 22.4 Å². The molecule has 174 valence electrons. The largest absolute Gasteiger partial charge is 0.465 e. The Kier molecular flexibility index (Phi) is 7.68. The topological polar surface area (TPSA) is 92.8 Å². The Hall–Kier alpha value is -2.30. The fourth-order valence-corrected chi connectivity index (χ4v) is 6.27. The molecule has 10 heteroatoms. The van der Waals surface area contributed by atoms with Crippen LogP contribution in [0.3, 0.4) is 0 Å². The molecule has 2 heterocycles. The highest BCUT2D eigenvalue weighted by Crippen LogP contribution is 2.32. The van der Waals surface area contributed by atoms with Crippen molar-refractivity contribution in [3.8, 4) is 0 Å². The van der Waals surface area contributed by atoms with Gasteiger partial charge in [0.25, 0.3) is 0 Å². The minimum atomic E-state index is -3.96. The molecule has 3 rings (SSSR count). The van der Waals surface area contributed by atoms with Gasteiger partial charge in [-0.15, -0.1) is 11.3 Å². The number of nitrogens with zero attached hydrogens (tertiary/aromatic N) is 1. The quantitative estimate of drug-likeness (QED) is 0.604. The first-order valence-corrected chi connectivity index (χ1v) is 12.7. The Bertz CT molecular complexity index is 1090. The molecule has 1 aliphatic rings. The minimum Gasteiger partial charge on any atom is -0.465 e. The summed E-state index contributed by atoms with van der Waals surface area (Å²) in [6.45, 7) is 4.31. The van der Waals surface area contributed by atoms with Crippen LogP contribution in [0.4, 0.5) is 9.39 Å². The van der Waals surface area contributed by atoms with Crippen LogP contribution in [0.25, 0.3) is 0 Å². The highest BCUT2D eigenvalue weighted by molar-refractivity contribution is 7.89. The SMILES string of the molecule is COC(=O)c1c(CC(C)C)csc1NC(=O)C1CCN(S(=O)(=O)c2ccccc2F)CC1. The second-order valence-corrected chi connectivity index (χ2v) is 10.9. The van der Waals surface area contributed by atoms with Crippen LogP contribution < -0.4 is 5.32 Å². The van der Waals surface area contributed by atoms with Crippen molar-refractivity contribution in [2.45, 2.75) is 38.0 Å². The van der Waals surface area contributed by atoms with Crippen molar-refractivity contribution >= 4 is 38.2 Å². The number of carbonyl (C=O) groups is 2. The third-order valence-corrected chi connectivity index (χ3v) is 8.28. The summed E-state index contributed by atoms with van der Waals surface area (Å²) in [5, 5.41) is 5.13. The summed E-state index contributed by atoms with van der Waals surface area (Å²) in [7, 11) is -2.66. The summed E-state index contributed by atoms with van der Waals surface area (Å²) in [5.41, 5.74) is 1.21. The molecule has 7 nitrogen and oxygen atoms in total. The smallest absolute Gasteiger partial charge is 0.341 e. The number of hydrogen-bond donors (Lipinski definition) is 1. The lowest BCUT2D eigenvalue weighted by Gasteiger charge is -2.30. The Labute approximate surface area is 191 Å². The van der Waals surface area contributed by atoms with Crippen molar-refractivity contribution in [2.75, 3.05) is 25.5 Å². The molecule has 1 saturated heterocycles.